The highest BCUT2D eigenvalue weighted by molar-refractivity contribution is 6.30. The van der Waals surface area contributed by atoms with Crippen LogP contribution in [0.25, 0.3) is 0 Å². The molecule has 0 aliphatic heterocycles. The Morgan fingerprint density at radius 1 is 1.24 bits per heavy atom. The number of aromatic carboxylic acids is 1. The van der Waals surface area contributed by atoms with E-state index in [1.54, 1.807) is 6.07 Å². The van der Waals surface area contributed by atoms with E-state index in [-0.39, 0.29) is 23.7 Å². The first kappa shape index (κ1) is 15.1. The summed E-state index contributed by atoms with van der Waals surface area (Å²) < 4.78 is 23.8. The predicted octanol–water partition coefficient (Wildman–Crippen LogP) is 3.76. The third-order valence-corrected chi connectivity index (χ3v) is 3.02. The van der Waals surface area contributed by atoms with Gasteiger partial charge in [-0.25, -0.2) is 9.18 Å². The van der Waals surface area contributed by atoms with E-state index < -0.39 is 11.8 Å². The second-order valence-corrected chi connectivity index (χ2v) is 4.64. The van der Waals surface area contributed by atoms with Crippen LogP contribution in [0, 0.1) is 5.82 Å². The van der Waals surface area contributed by atoms with Gasteiger partial charge >= 0.3 is 5.97 Å². The Kier molecular flexibility index (Phi) is 4.65. The van der Waals surface area contributed by atoms with Crippen LogP contribution in [0.15, 0.2) is 36.4 Å². The minimum absolute atomic E-state index is 0.00613. The summed E-state index contributed by atoms with van der Waals surface area (Å²) in [5.41, 5.74) is 0.540. The van der Waals surface area contributed by atoms with Crippen molar-refractivity contribution in [1.29, 1.82) is 0 Å². The maximum Gasteiger partial charge on any atom is 0.339 e. The summed E-state index contributed by atoms with van der Waals surface area (Å²) in [6.45, 7) is 0.0154. The minimum Gasteiger partial charge on any atom is -0.494 e. The van der Waals surface area contributed by atoms with Gasteiger partial charge in [-0.15, -0.1) is 0 Å². The number of hydrogen-bond donors (Lipinski definition) is 1. The fraction of sp³-hybridized carbons (Fsp3) is 0.133. The standard InChI is InChI=1S/C15H12ClFO4/c1-20-13-5-2-9(6-12(13)17)8-21-14-7-10(16)3-4-11(14)15(18)19/h2-7H,8H2,1H3,(H,18,19). The van der Waals surface area contributed by atoms with Crippen molar-refractivity contribution in [3.8, 4) is 11.5 Å². The zero-order chi connectivity index (χ0) is 15.4. The molecule has 21 heavy (non-hydrogen) atoms. The molecule has 2 aromatic carbocycles. The molecule has 110 valence electrons. The Hall–Kier alpha value is -2.27. The van der Waals surface area contributed by atoms with Gasteiger partial charge in [-0.2, -0.15) is 0 Å². The largest absolute Gasteiger partial charge is 0.494 e. The van der Waals surface area contributed by atoms with Crippen LogP contribution in [-0.2, 0) is 6.61 Å². The van der Waals surface area contributed by atoms with Crippen LogP contribution < -0.4 is 9.47 Å². The summed E-state index contributed by atoms with van der Waals surface area (Å²) in [5, 5.41) is 9.42. The molecular formula is C15H12ClFO4. The minimum atomic E-state index is -1.12. The number of benzene rings is 2. The first-order valence-electron chi connectivity index (χ1n) is 5.99. The summed E-state index contributed by atoms with van der Waals surface area (Å²) >= 11 is 5.82. The van der Waals surface area contributed by atoms with Crippen LogP contribution in [0.5, 0.6) is 11.5 Å². The van der Waals surface area contributed by atoms with E-state index in [1.807, 2.05) is 0 Å². The van der Waals surface area contributed by atoms with Gasteiger partial charge in [0, 0.05) is 5.02 Å². The van der Waals surface area contributed by atoms with E-state index in [0.717, 1.165) is 0 Å². The highest BCUT2D eigenvalue weighted by Crippen LogP contribution is 2.25. The number of carboxylic acids is 1. The van der Waals surface area contributed by atoms with E-state index in [9.17, 15) is 9.18 Å². The van der Waals surface area contributed by atoms with E-state index in [1.165, 1.54) is 37.4 Å². The number of methoxy groups -OCH3 is 1. The average Bonchev–Trinajstić information content (AvgIpc) is 2.45. The molecule has 0 spiro atoms. The van der Waals surface area contributed by atoms with Crippen molar-refractivity contribution in [3.05, 3.63) is 58.4 Å². The van der Waals surface area contributed by atoms with Gasteiger partial charge in [0.15, 0.2) is 11.6 Å². The topological polar surface area (TPSA) is 55.8 Å². The van der Waals surface area contributed by atoms with E-state index in [2.05, 4.69) is 0 Å². The Morgan fingerprint density at radius 2 is 2.00 bits per heavy atom. The zero-order valence-corrected chi connectivity index (χ0v) is 11.9. The van der Waals surface area contributed by atoms with Gasteiger partial charge in [-0.3, -0.25) is 0 Å². The normalized spacial score (nSPS) is 10.2. The van der Waals surface area contributed by atoms with Crippen LogP contribution in [-0.4, -0.2) is 18.2 Å². The molecule has 0 amide bonds. The van der Waals surface area contributed by atoms with Crippen molar-refractivity contribution in [2.75, 3.05) is 7.11 Å². The first-order valence-corrected chi connectivity index (χ1v) is 6.37. The molecule has 0 saturated heterocycles. The van der Waals surface area contributed by atoms with E-state index in [0.29, 0.717) is 10.6 Å². The molecule has 0 radical (unpaired) electrons. The van der Waals surface area contributed by atoms with E-state index in [4.69, 9.17) is 26.2 Å². The Labute approximate surface area is 125 Å². The molecule has 0 aliphatic rings. The van der Waals surface area contributed by atoms with Gasteiger partial charge in [0.2, 0.25) is 0 Å². The molecule has 0 atom stereocenters. The number of ether oxygens (including phenoxy) is 2. The lowest BCUT2D eigenvalue weighted by Crippen LogP contribution is -2.03. The van der Waals surface area contributed by atoms with Gasteiger partial charge in [0.25, 0.3) is 0 Å². The molecule has 0 aromatic heterocycles. The summed E-state index contributed by atoms with van der Waals surface area (Å²) in [7, 11) is 1.37. The van der Waals surface area contributed by atoms with Crippen molar-refractivity contribution in [2.24, 2.45) is 0 Å². The smallest absolute Gasteiger partial charge is 0.339 e. The number of hydrogen-bond acceptors (Lipinski definition) is 3. The Balaban J connectivity index is 2.18. The van der Waals surface area contributed by atoms with Crippen LogP contribution in [0.1, 0.15) is 15.9 Å². The fourth-order valence-corrected chi connectivity index (χ4v) is 1.92. The molecule has 0 heterocycles. The molecule has 6 heteroatoms. The molecule has 0 bridgehead atoms. The molecule has 0 fully saturated rings. The van der Waals surface area contributed by atoms with Gasteiger partial charge < -0.3 is 14.6 Å². The lowest BCUT2D eigenvalue weighted by molar-refractivity contribution is 0.0691. The van der Waals surface area contributed by atoms with Crippen molar-refractivity contribution in [3.63, 3.8) is 0 Å². The van der Waals surface area contributed by atoms with Crippen molar-refractivity contribution in [1.82, 2.24) is 0 Å². The maximum absolute atomic E-state index is 13.6. The number of carbonyl (C=O) groups is 1. The molecule has 0 aliphatic carbocycles. The second-order valence-electron chi connectivity index (χ2n) is 4.20. The SMILES string of the molecule is COc1ccc(COc2cc(Cl)ccc2C(=O)O)cc1F. The van der Waals surface area contributed by atoms with Gasteiger partial charge in [-0.1, -0.05) is 17.7 Å². The predicted molar refractivity (Wildman–Crippen MR) is 75.7 cm³/mol. The molecule has 2 rings (SSSR count). The number of rotatable bonds is 5. The average molecular weight is 311 g/mol. The van der Waals surface area contributed by atoms with Gasteiger partial charge in [0.05, 0.1) is 7.11 Å². The highest BCUT2D eigenvalue weighted by Gasteiger charge is 2.12. The van der Waals surface area contributed by atoms with Gasteiger partial charge in [0.1, 0.15) is 17.9 Å². The lowest BCUT2D eigenvalue weighted by atomic mass is 10.2. The summed E-state index contributed by atoms with van der Waals surface area (Å²) in [6, 6.07) is 8.60. The molecule has 4 nitrogen and oxygen atoms in total. The Morgan fingerprint density at radius 3 is 2.62 bits per heavy atom. The van der Waals surface area contributed by atoms with Gasteiger partial charge in [-0.05, 0) is 35.9 Å². The molecule has 0 unspecified atom stereocenters. The summed E-state index contributed by atoms with van der Waals surface area (Å²) in [4.78, 5) is 11.1. The monoisotopic (exact) mass is 310 g/mol. The maximum atomic E-state index is 13.6. The zero-order valence-electron chi connectivity index (χ0n) is 11.1. The van der Waals surface area contributed by atoms with Crippen molar-refractivity contribution in [2.45, 2.75) is 6.61 Å². The van der Waals surface area contributed by atoms with E-state index >= 15 is 0 Å². The van der Waals surface area contributed by atoms with Crippen LogP contribution in [0.3, 0.4) is 0 Å². The third kappa shape index (κ3) is 3.64. The Bertz CT molecular complexity index is 673. The number of halogens is 2. The summed E-state index contributed by atoms with van der Waals surface area (Å²) in [6.07, 6.45) is 0. The number of carboxylic acid groups (broad SMARTS) is 1. The van der Waals surface area contributed by atoms with Crippen LogP contribution in [0.4, 0.5) is 4.39 Å². The van der Waals surface area contributed by atoms with Crippen molar-refractivity contribution < 1.29 is 23.8 Å². The van der Waals surface area contributed by atoms with Crippen LogP contribution >= 0.6 is 11.6 Å². The van der Waals surface area contributed by atoms with Crippen molar-refractivity contribution >= 4 is 17.6 Å². The quantitative estimate of drug-likeness (QED) is 0.913. The third-order valence-electron chi connectivity index (χ3n) is 2.78. The highest BCUT2D eigenvalue weighted by atomic mass is 35.5. The molecule has 0 saturated carbocycles. The molecule has 2 aromatic rings. The summed E-state index contributed by atoms with van der Waals surface area (Å²) in [5.74, 6) is -1.37. The second kappa shape index (κ2) is 6.45. The first-order chi connectivity index (χ1) is 10.0. The molecule has 1 N–H and O–H groups in total. The lowest BCUT2D eigenvalue weighted by Gasteiger charge is -2.10. The van der Waals surface area contributed by atoms with Crippen LogP contribution in [0.2, 0.25) is 5.02 Å². The molecular weight excluding hydrogens is 299 g/mol. The fourth-order valence-electron chi connectivity index (χ4n) is 1.75.